The maximum atomic E-state index is 11.0. The topological polar surface area (TPSA) is 55.0 Å². The van der Waals surface area contributed by atoms with Gasteiger partial charge < -0.3 is 9.72 Å². The van der Waals surface area contributed by atoms with Crippen molar-refractivity contribution in [1.29, 1.82) is 0 Å². The van der Waals surface area contributed by atoms with Crippen molar-refractivity contribution >= 4 is 40.4 Å². The molecule has 0 bridgehead atoms. The molecule has 112 valence electrons. The minimum atomic E-state index is -0.348. The number of H-pyrrole nitrogens is 1. The maximum Gasteiger partial charge on any atom is 0.152 e. The first kappa shape index (κ1) is 14.9. The fraction of sp³-hybridized carbons (Fsp3) is 0.125. The number of aromatic amines is 1. The van der Waals surface area contributed by atoms with E-state index in [1.807, 2.05) is 25.1 Å². The van der Waals surface area contributed by atoms with Crippen LogP contribution in [0.4, 0.5) is 0 Å². The second-order valence-corrected chi connectivity index (χ2v) is 5.66. The van der Waals surface area contributed by atoms with E-state index < -0.39 is 0 Å². The van der Waals surface area contributed by atoms with Gasteiger partial charge in [0.25, 0.3) is 0 Å². The molecule has 0 saturated carbocycles. The molecule has 2 heterocycles. The number of pyridine rings is 1. The summed E-state index contributed by atoms with van der Waals surface area (Å²) in [6.07, 6.45) is 5.19. The highest BCUT2D eigenvalue weighted by atomic mass is 35.5. The summed E-state index contributed by atoms with van der Waals surface area (Å²) in [6, 6.07) is 5.50. The van der Waals surface area contributed by atoms with Crippen LogP contribution < -0.4 is 4.74 Å². The van der Waals surface area contributed by atoms with E-state index in [4.69, 9.17) is 27.9 Å². The van der Waals surface area contributed by atoms with Gasteiger partial charge in [0.2, 0.25) is 0 Å². The Kier molecular flexibility index (Phi) is 4.05. The number of aromatic nitrogens is 2. The van der Waals surface area contributed by atoms with Crippen LogP contribution in [0.2, 0.25) is 10.0 Å². The van der Waals surface area contributed by atoms with Gasteiger partial charge in [0.05, 0.1) is 10.0 Å². The number of benzene rings is 1. The Hall–Kier alpha value is -2.04. The Labute approximate surface area is 137 Å². The molecule has 0 amide bonds. The molecule has 0 aliphatic rings. The fourth-order valence-electron chi connectivity index (χ4n) is 2.36. The van der Waals surface area contributed by atoms with Gasteiger partial charge in [-0.1, -0.05) is 23.2 Å². The van der Waals surface area contributed by atoms with Crippen molar-refractivity contribution in [3.63, 3.8) is 0 Å². The van der Waals surface area contributed by atoms with Gasteiger partial charge in [0.15, 0.2) is 6.29 Å². The second-order valence-electron chi connectivity index (χ2n) is 4.85. The standard InChI is InChI=1S/C16H12Cl2N2O2/c1-9(16-13(17)6-19-7-14(16)18)22-11-2-3-15-12(4-11)10(8-21)5-20-15/h2-9,20H,1H3. The lowest BCUT2D eigenvalue weighted by molar-refractivity contribution is 0.112. The minimum absolute atomic E-state index is 0.348. The van der Waals surface area contributed by atoms with Gasteiger partial charge in [-0.3, -0.25) is 9.78 Å². The summed E-state index contributed by atoms with van der Waals surface area (Å²) in [4.78, 5) is 18.0. The highest BCUT2D eigenvalue weighted by Gasteiger charge is 2.16. The van der Waals surface area contributed by atoms with Gasteiger partial charge in [-0.05, 0) is 25.1 Å². The molecule has 0 saturated heterocycles. The number of hydrogen-bond acceptors (Lipinski definition) is 3. The fourth-order valence-corrected chi connectivity index (χ4v) is 3.04. The van der Waals surface area contributed by atoms with Crippen LogP contribution in [-0.2, 0) is 0 Å². The molecule has 3 aromatic rings. The van der Waals surface area contributed by atoms with Crippen LogP contribution in [0.3, 0.4) is 0 Å². The van der Waals surface area contributed by atoms with E-state index in [0.29, 0.717) is 26.9 Å². The third-order valence-corrected chi connectivity index (χ3v) is 4.02. The number of aldehydes is 1. The number of carbonyl (C=O) groups is 1. The van der Waals surface area contributed by atoms with Crippen molar-refractivity contribution in [1.82, 2.24) is 9.97 Å². The monoisotopic (exact) mass is 334 g/mol. The van der Waals surface area contributed by atoms with E-state index in [1.165, 1.54) is 12.4 Å². The van der Waals surface area contributed by atoms with E-state index in [2.05, 4.69) is 9.97 Å². The number of hydrogen-bond donors (Lipinski definition) is 1. The zero-order valence-electron chi connectivity index (χ0n) is 11.6. The molecule has 4 nitrogen and oxygen atoms in total. The highest BCUT2D eigenvalue weighted by Crippen LogP contribution is 2.33. The third-order valence-electron chi connectivity index (χ3n) is 3.42. The minimum Gasteiger partial charge on any atom is -0.486 e. The van der Waals surface area contributed by atoms with Crippen LogP contribution in [0.1, 0.15) is 28.9 Å². The lowest BCUT2D eigenvalue weighted by Crippen LogP contribution is -2.05. The summed E-state index contributed by atoms with van der Waals surface area (Å²) in [5.41, 5.74) is 2.15. The largest absolute Gasteiger partial charge is 0.486 e. The Morgan fingerprint density at radius 1 is 1.27 bits per heavy atom. The van der Waals surface area contributed by atoms with E-state index >= 15 is 0 Å². The van der Waals surface area contributed by atoms with Crippen LogP contribution in [-0.4, -0.2) is 16.3 Å². The van der Waals surface area contributed by atoms with Crippen molar-refractivity contribution in [2.45, 2.75) is 13.0 Å². The average molecular weight is 335 g/mol. The number of carbonyl (C=O) groups excluding carboxylic acids is 1. The number of nitrogens with zero attached hydrogens (tertiary/aromatic N) is 1. The number of ether oxygens (including phenoxy) is 1. The van der Waals surface area contributed by atoms with Crippen LogP contribution in [0.25, 0.3) is 10.9 Å². The smallest absolute Gasteiger partial charge is 0.152 e. The highest BCUT2D eigenvalue weighted by molar-refractivity contribution is 6.35. The van der Waals surface area contributed by atoms with Crippen molar-refractivity contribution in [2.75, 3.05) is 0 Å². The summed E-state index contributed by atoms with van der Waals surface area (Å²) in [7, 11) is 0. The van der Waals surface area contributed by atoms with Crippen LogP contribution >= 0.6 is 23.2 Å². The van der Waals surface area contributed by atoms with Gasteiger partial charge in [-0.25, -0.2) is 0 Å². The zero-order chi connectivity index (χ0) is 15.7. The molecule has 22 heavy (non-hydrogen) atoms. The number of halogens is 2. The number of nitrogens with one attached hydrogen (secondary N) is 1. The van der Waals surface area contributed by atoms with Crippen molar-refractivity contribution < 1.29 is 9.53 Å². The summed E-state index contributed by atoms with van der Waals surface area (Å²) in [5, 5.41) is 1.72. The Balaban J connectivity index is 1.94. The first-order valence-corrected chi connectivity index (χ1v) is 7.37. The quantitative estimate of drug-likeness (QED) is 0.695. The average Bonchev–Trinajstić information content (AvgIpc) is 2.89. The zero-order valence-corrected chi connectivity index (χ0v) is 13.2. The summed E-state index contributed by atoms with van der Waals surface area (Å²) < 4.78 is 5.91. The normalized spacial score (nSPS) is 12.3. The molecular weight excluding hydrogens is 323 g/mol. The molecule has 0 spiro atoms. The Morgan fingerprint density at radius 2 is 2.00 bits per heavy atom. The third kappa shape index (κ3) is 2.67. The molecule has 2 aromatic heterocycles. The van der Waals surface area contributed by atoms with Crippen LogP contribution in [0, 0.1) is 0 Å². The van der Waals surface area contributed by atoms with Gasteiger partial charge in [-0.2, -0.15) is 0 Å². The van der Waals surface area contributed by atoms with E-state index in [1.54, 1.807) is 6.20 Å². The molecule has 1 N–H and O–H groups in total. The van der Waals surface area contributed by atoms with Crippen LogP contribution in [0.15, 0.2) is 36.8 Å². The Morgan fingerprint density at radius 3 is 2.68 bits per heavy atom. The summed E-state index contributed by atoms with van der Waals surface area (Å²) in [6.45, 7) is 1.86. The van der Waals surface area contributed by atoms with Gasteiger partial charge in [-0.15, -0.1) is 0 Å². The van der Waals surface area contributed by atoms with E-state index in [-0.39, 0.29) is 6.10 Å². The molecule has 0 radical (unpaired) electrons. The molecule has 1 atom stereocenters. The lowest BCUT2D eigenvalue weighted by atomic mass is 10.1. The van der Waals surface area contributed by atoms with Gasteiger partial charge in [0, 0.05) is 40.6 Å². The lowest BCUT2D eigenvalue weighted by Gasteiger charge is -2.17. The second kappa shape index (κ2) is 5.99. The van der Waals surface area contributed by atoms with Crippen LogP contribution in [0.5, 0.6) is 5.75 Å². The van der Waals surface area contributed by atoms with Crippen molar-refractivity contribution in [3.05, 3.63) is 58.0 Å². The van der Waals surface area contributed by atoms with Crippen molar-refractivity contribution in [2.24, 2.45) is 0 Å². The summed E-state index contributed by atoms with van der Waals surface area (Å²) in [5.74, 6) is 0.631. The molecule has 0 fully saturated rings. The molecular formula is C16H12Cl2N2O2. The van der Waals surface area contributed by atoms with Gasteiger partial charge >= 0.3 is 0 Å². The maximum absolute atomic E-state index is 11.0. The molecule has 6 heteroatoms. The predicted octanol–water partition coefficient (Wildman–Crippen LogP) is 4.82. The summed E-state index contributed by atoms with van der Waals surface area (Å²) >= 11 is 12.3. The number of rotatable bonds is 4. The molecule has 0 aliphatic heterocycles. The van der Waals surface area contributed by atoms with Crippen molar-refractivity contribution in [3.8, 4) is 5.75 Å². The first-order valence-electron chi connectivity index (χ1n) is 6.62. The molecule has 1 aromatic carbocycles. The number of fused-ring (bicyclic) bond motifs is 1. The van der Waals surface area contributed by atoms with E-state index in [0.717, 1.165) is 17.2 Å². The first-order chi connectivity index (χ1) is 10.6. The van der Waals surface area contributed by atoms with E-state index in [9.17, 15) is 4.79 Å². The Bertz CT molecular complexity index is 825. The predicted molar refractivity (Wildman–Crippen MR) is 87.0 cm³/mol. The molecule has 3 rings (SSSR count). The van der Waals surface area contributed by atoms with Gasteiger partial charge in [0.1, 0.15) is 11.9 Å². The molecule has 1 unspecified atom stereocenters. The molecule has 0 aliphatic carbocycles. The SMILES string of the molecule is CC(Oc1ccc2[nH]cc(C=O)c2c1)c1c(Cl)cncc1Cl.